The Kier molecular flexibility index (Phi) is 10.6. The second-order valence-electron chi connectivity index (χ2n) is 11.5. The molecule has 0 saturated heterocycles. The molecule has 0 spiro atoms. The lowest BCUT2D eigenvalue weighted by atomic mass is 9.90. The normalized spacial score (nSPS) is 22.0. The first kappa shape index (κ1) is 30.4. The number of hydrogen-bond acceptors (Lipinski definition) is 6. The minimum absolute atomic E-state index is 0.0438. The van der Waals surface area contributed by atoms with Crippen molar-refractivity contribution in [2.24, 2.45) is 0 Å². The Morgan fingerprint density at radius 3 is 2.14 bits per heavy atom. The number of aromatic nitrogens is 2. The SMILES string of the molecule is O=C(Cn1nc(C(=O)O)cc1C(=O)N[C@H]1CCCC[C@@H]1OCc1ccccc1)N[C@H]1CCCC[C@@H]1NCc1ccccc1. The largest absolute Gasteiger partial charge is 0.476 e. The number of hydrogen-bond donors (Lipinski definition) is 4. The van der Waals surface area contributed by atoms with Crippen molar-refractivity contribution in [3.63, 3.8) is 0 Å². The van der Waals surface area contributed by atoms with Gasteiger partial charge in [-0.2, -0.15) is 5.10 Å². The number of carboxylic acids is 1. The fourth-order valence-corrected chi connectivity index (χ4v) is 6.09. The number of nitrogens with one attached hydrogen (secondary N) is 3. The summed E-state index contributed by atoms with van der Waals surface area (Å²) < 4.78 is 7.40. The van der Waals surface area contributed by atoms with Crippen LogP contribution in [0.25, 0.3) is 0 Å². The molecular weight excluding hydrogens is 546 g/mol. The predicted molar refractivity (Wildman–Crippen MR) is 161 cm³/mol. The summed E-state index contributed by atoms with van der Waals surface area (Å²) in [5, 5.41) is 23.4. The fraction of sp³-hybridized carbons (Fsp3) is 0.455. The summed E-state index contributed by atoms with van der Waals surface area (Å²) in [6, 6.07) is 21.1. The molecule has 228 valence electrons. The number of nitrogens with zero attached hydrogens (tertiary/aromatic N) is 2. The smallest absolute Gasteiger partial charge is 0.356 e. The van der Waals surface area contributed by atoms with E-state index >= 15 is 0 Å². The molecule has 1 heterocycles. The van der Waals surface area contributed by atoms with E-state index in [0.29, 0.717) is 13.2 Å². The number of carbonyl (C=O) groups is 3. The Labute approximate surface area is 252 Å². The maximum Gasteiger partial charge on any atom is 0.356 e. The number of benzene rings is 2. The van der Waals surface area contributed by atoms with Crippen LogP contribution in [-0.4, -0.2) is 56.9 Å². The van der Waals surface area contributed by atoms with Crippen molar-refractivity contribution < 1.29 is 24.2 Å². The second-order valence-corrected chi connectivity index (χ2v) is 11.5. The first-order valence-electron chi connectivity index (χ1n) is 15.3. The van der Waals surface area contributed by atoms with Crippen LogP contribution in [0, 0.1) is 0 Å². The number of ether oxygens (including phenoxy) is 1. The van der Waals surface area contributed by atoms with E-state index in [1.807, 2.05) is 48.5 Å². The second kappa shape index (κ2) is 14.9. The summed E-state index contributed by atoms with van der Waals surface area (Å²) in [7, 11) is 0. The average molecular weight is 588 g/mol. The molecule has 4 N–H and O–H groups in total. The van der Waals surface area contributed by atoms with E-state index in [4.69, 9.17) is 4.74 Å². The van der Waals surface area contributed by atoms with Crippen molar-refractivity contribution in [2.45, 2.75) is 95.3 Å². The molecule has 2 aliphatic rings. The van der Waals surface area contributed by atoms with Crippen molar-refractivity contribution in [1.82, 2.24) is 25.7 Å². The van der Waals surface area contributed by atoms with Gasteiger partial charge in [0.1, 0.15) is 12.2 Å². The van der Waals surface area contributed by atoms with Gasteiger partial charge in [0.2, 0.25) is 5.91 Å². The quantitative estimate of drug-likeness (QED) is 0.251. The summed E-state index contributed by atoms with van der Waals surface area (Å²) >= 11 is 0. The minimum atomic E-state index is -1.26. The predicted octanol–water partition coefficient (Wildman–Crippen LogP) is 4.06. The zero-order valence-electron chi connectivity index (χ0n) is 24.4. The highest BCUT2D eigenvalue weighted by Crippen LogP contribution is 2.23. The molecule has 0 radical (unpaired) electrons. The zero-order chi connectivity index (χ0) is 30.0. The van der Waals surface area contributed by atoms with Gasteiger partial charge in [0.05, 0.1) is 18.8 Å². The molecule has 0 aliphatic heterocycles. The number of carboxylic acid groups (broad SMARTS) is 1. The van der Waals surface area contributed by atoms with Crippen LogP contribution in [0.4, 0.5) is 0 Å². The van der Waals surface area contributed by atoms with Crippen LogP contribution in [0.15, 0.2) is 66.7 Å². The third-order valence-corrected chi connectivity index (χ3v) is 8.37. The van der Waals surface area contributed by atoms with Crippen molar-refractivity contribution in [2.75, 3.05) is 0 Å². The van der Waals surface area contributed by atoms with Crippen molar-refractivity contribution in [3.05, 3.63) is 89.2 Å². The molecule has 1 aromatic heterocycles. The molecular formula is C33H41N5O5. The standard InChI is InChI=1S/C33H41N5O5/c39-31(35-26-16-8-7-15-25(26)34-20-23-11-3-1-4-12-23)21-38-29(19-28(37-38)33(41)42)32(40)36-27-17-9-10-18-30(27)43-22-24-13-5-2-6-14-24/h1-6,11-14,19,25-27,30,34H,7-10,15-18,20-22H2,(H,35,39)(H,36,40)(H,41,42)/t25-,26-,27-,30-/m0/s1. The van der Waals surface area contributed by atoms with Crippen LogP contribution in [0.1, 0.15) is 83.5 Å². The van der Waals surface area contributed by atoms with E-state index in [1.54, 1.807) is 0 Å². The van der Waals surface area contributed by atoms with E-state index < -0.39 is 11.9 Å². The first-order valence-corrected chi connectivity index (χ1v) is 15.3. The van der Waals surface area contributed by atoms with E-state index in [-0.39, 0.29) is 48.1 Å². The highest BCUT2D eigenvalue weighted by Gasteiger charge is 2.31. The average Bonchev–Trinajstić information content (AvgIpc) is 3.45. The van der Waals surface area contributed by atoms with Crippen LogP contribution < -0.4 is 16.0 Å². The Morgan fingerprint density at radius 2 is 1.44 bits per heavy atom. The fourth-order valence-electron chi connectivity index (χ4n) is 6.09. The molecule has 4 atom stereocenters. The zero-order valence-corrected chi connectivity index (χ0v) is 24.4. The van der Waals surface area contributed by atoms with Gasteiger partial charge in [-0.1, -0.05) is 86.3 Å². The van der Waals surface area contributed by atoms with Crippen LogP contribution in [0.2, 0.25) is 0 Å². The van der Waals surface area contributed by atoms with Crippen LogP contribution in [0.5, 0.6) is 0 Å². The van der Waals surface area contributed by atoms with Crippen LogP contribution in [0.3, 0.4) is 0 Å². The van der Waals surface area contributed by atoms with Gasteiger partial charge in [-0.15, -0.1) is 0 Å². The maximum atomic E-state index is 13.5. The topological polar surface area (TPSA) is 135 Å². The number of carbonyl (C=O) groups excluding carboxylic acids is 2. The van der Waals surface area contributed by atoms with E-state index in [0.717, 1.165) is 56.9 Å². The van der Waals surface area contributed by atoms with E-state index in [9.17, 15) is 19.5 Å². The molecule has 10 heteroatoms. The molecule has 2 aliphatic carbocycles. The lowest BCUT2D eigenvalue weighted by Gasteiger charge is -2.33. The van der Waals surface area contributed by atoms with Crippen molar-refractivity contribution in [1.29, 1.82) is 0 Å². The summed E-state index contributed by atoms with van der Waals surface area (Å²) in [5.41, 5.74) is 2.00. The Hall–Kier alpha value is -4.02. The van der Waals surface area contributed by atoms with Gasteiger partial charge in [0, 0.05) is 24.7 Å². The molecule has 43 heavy (non-hydrogen) atoms. The molecule has 0 bridgehead atoms. The Morgan fingerprint density at radius 1 is 0.814 bits per heavy atom. The molecule has 2 amide bonds. The van der Waals surface area contributed by atoms with Gasteiger partial charge in [-0.3, -0.25) is 9.59 Å². The number of aromatic carboxylic acids is 1. The lowest BCUT2D eigenvalue weighted by molar-refractivity contribution is -0.123. The first-order chi connectivity index (χ1) is 21.0. The summed E-state index contributed by atoms with van der Waals surface area (Å²) in [6.45, 7) is 0.901. The molecule has 5 rings (SSSR count). The van der Waals surface area contributed by atoms with Gasteiger partial charge in [-0.05, 0) is 36.8 Å². The monoisotopic (exact) mass is 587 g/mol. The van der Waals surface area contributed by atoms with Gasteiger partial charge in [0.25, 0.3) is 5.91 Å². The summed E-state index contributed by atoms with van der Waals surface area (Å²) in [6.07, 6.45) is 7.27. The Balaban J connectivity index is 1.22. The summed E-state index contributed by atoms with van der Waals surface area (Å²) in [4.78, 5) is 38.4. The number of rotatable bonds is 12. The minimum Gasteiger partial charge on any atom is -0.476 e. The maximum absolute atomic E-state index is 13.5. The Bertz CT molecular complexity index is 1360. The van der Waals surface area contributed by atoms with Crippen LogP contribution in [-0.2, 0) is 29.2 Å². The lowest BCUT2D eigenvalue weighted by Crippen LogP contribution is -2.52. The highest BCUT2D eigenvalue weighted by atomic mass is 16.5. The van der Waals surface area contributed by atoms with Gasteiger partial charge >= 0.3 is 5.97 Å². The van der Waals surface area contributed by atoms with Gasteiger partial charge < -0.3 is 25.8 Å². The van der Waals surface area contributed by atoms with Crippen molar-refractivity contribution in [3.8, 4) is 0 Å². The molecule has 2 aromatic carbocycles. The van der Waals surface area contributed by atoms with Crippen molar-refractivity contribution >= 4 is 17.8 Å². The van der Waals surface area contributed by atoms with E-state index in [1.165, 1.54) is 16.3 Å². The van der Waals surface area contributed by atoms with Gasteiger partial charge in [-0.25, -0.2) is 9.48 Å². The third kappa shape index (κ3) is 8.52. The summed E-state index contributed by atoms with van der Waals surface area (Å²) in [5.74, 6) is -2.03. The van der Waals surface area contributed by atoms with Crippen LogP contribution >= 0.6 is 0 Å². The number of amides is 2. The molecule has 3 aromatic rings. The van der Waals surface area contributed by atoms with E-state index in [2.05, 4.69) is 33.2 Å². The molecule has 2 fully saturated rings. The third-order valence-electron chi connectivity index (χ3n) is 8.37. The highest BCUT2D eigenvalue weighted by molar-refractivity contribution is 5.96. The molecule has 0 unspecified atom stereocenters. The molecule has 2 saturated carbocycles. The van der Waals surface area contributed by atoms with Gasteiger partial charge in [0.15, 0.2) is 5.69 Å². The molecule has 10 nitrogen and oxygen atoms in total.